The molecule has 2 unspecified atom stereocenters. The van der Waals surface area contributed by atoms with Crippen LogP contribution in [0.4, 0.5) is 4.79 Å². The molecule has 0 aliphatic carbocycles. The summed E-state index contributed by atoms with van der Waals surface area (Å²) < 4.78 is 10.1. The van der Waals surface area contributed by atoms with Crippen LogP contribution in [0.1, 0.15) is 53.9 Å². The van der Waals surface area contributed by atoms with E-state index in [1.807, 2.05) is 20.1 Å². The minimum Gasteiger partial charge on any atom is -0.467 e. The monoisotopic (exact) mass is 473 g/mol. The molecule has 0 radical (unpaired) electrons. The quantitative estimate of drug-likeness (QED) is 0.493. The number of amides is 3. The van der Waals surface area contributed by atoms with Gasteiger partial charge in [0.25, 0.3) is 0 Å². The van der Waals surface area contributed by atoms with E-state index in [-0.39, 0.29) is 23.7 Å². The van der Waals surface area contributed by atoms with Crippen LogP contribution in [0.25, 0.3) is 0 Å². The van der Waals surface area contributed by atoms with E-state index in [0.717, 1.165) is 5.75 Å². The van der Waals surface area contributed by atoms with Crippen molar-refractivity contribution >= 4 is 35.6 Å². The molecule has 0 aromatic carbocycles. The summed E-state index contributed by atoms with van der Waals surface area (Å²) in [5.74, 6) is -0.497. The fourth-order valence-corrected chi connectivity index (χ4v) is 3.89. The Balaban J connectivity index is 2.69. The van der Waals surface area contributed by atoms with Crippen molar-refractivity contribution in [2.45, 2.75) is 71.6 Å². The number of ether oxygens (including phenoxy) is 2. The fraction of sp³-hybridized carbons (Fsp3) is 0.818. The molecule has 32 heavy (non-hydrogen) atoms. The molecule has 3 amide bonds. The lowest BCUT2D eigenvalue weighted by atomic mass is 9.94. The van der Waals surface area contributed by atoms with E-state index in [0.29, 0.717) is 32.4 Å². The molecule has 9 nitrogen and oxygen atoms in total. The molecule has 1 aliphatic heterocycles. The molecule has 1 aliphatic rings. The number of thioether (sulfide) groups is 1. The van der Waals surface area contributed by atoms with Crippen LogP contribution in [0, 0.1) is 11.8 Å². The Bertz CT molecular complexity index is 657. The predicted octanol–water partition coefficient (Wildman–Crippen LogP) is 2.19. The Morgan fingerprint density at radius 1 is 1.09 bits per heavy atom. The number of hydrogen-bond donors (Lipinski definition) is 2. The molecule has 184 valence electrons. The first-order chi connectivity index (χ1) is 14.9. The summed E-state index contributed by atoms with van der Waals surface area (Å²) in [6, 6.07) is -1.37. The number of nitrogens with one attached hydrogen (secondary N) is 2. The third kappa shape index (κ3) is 9.26. The zero-order valence-corrected chi connectivity index (χ0v) is 21.2. The van der Waals surface area contributed by atoms with Crippen molar-refractivity contribution in [2.24, 2.45) is 11.8 Å². The van der Waals surface area contributed by atoms with Crippen molar-refractivity contribution in [3.05, 3.63) is 0 Å². The normalized spacial score (nSPS) is 16.8. The van der Waals surface area contributed by atoms with Gasteiger partial charge in [0.15, 0.2) is 0 Å². The van der Waals surface area contributed by atoms with Gasteiger partial charge in [-0.3, -0.25) is 9.59 Å². The van der Waals surface area contributed by atoms with Gasteiger partial charge in [-0.2, -0.15) is 11.8 Å². The molecular weight excluding hydrogens is 434 g/mol. The van der Waals surface area contributed by atoms with Crippen molar-refractivity contribution in [3.8, 4) is 0 Å². The highest BCUT2D eigenvalue weighted by molar-refractivity contribution is 7.98. The summed E-state index contributed by atoms with van der Waals surface area (Å²) >= 11 is 1.60. The number of nitrogens with zero attached hydrogens (tertiary/aromatic N) is 1. The van der Waals surface area contributed by atoms with E-state index in [2.05, 4.69) is 10.6 Å². The molecular formula is C22H39N3O6S. The molecule has 0 spiro atoms. The summed E-state index contributed by atoms with van der Waals surface area (Å²) in [5.41, 5.74) is -0.652. The van der Waals surface area contributed by atoms with E-state index in [1.54, 1.807) is 37.4 Å². The van der Waals surface area contributed by atoms with E-state index in [9.17, 15) is 19.2 Å². The van der Waals surface area contributed by atoms with Gasteiger partial charge in [-0.05, 0) is 58.0 Å². The minimum atomic E-state index is -0.693. The Hall–Kier alpha value is -1.97. The second-order valence-electron chi connectivity index (χ2n) is 9.33. The molecule has 1 saturated heterocycles. The van der Waals surface area contributed by atoms with Gasteiger partial charge in [0.05, 0.1) is 7.11 Å². The highest BCUT2D eigenvalue weighted by Gasteiger charge is 2.34. The van der Waals surface area contributed by atoms with Gasteiger partial charge in [-0.1, -0.05) is 13.8 Å². The largest absolute Gasteiger partial charge is 0.467 e. The standard InChI is InChI=1S/C22H39N3O6S/c1-14(2)17(20(28)30-6)24-18(26)15-8-11-25(12-9-15)19(27)16(10-13-32-7)23-21(29)31-22(3,4)5/h14-17H,8-13H2,1-7H3,(H,23,29)(H,24,26). The molecule has 2 atom stereocenters. The lowest BCUT2D eigenvalue weighted by Crippen LogP contribution is -2.53. The molecule has 1 heterocycles. The number of likely N-dealkylation sites (tertiary alicyclic amines) is 1. The maximum absolute atomic E-state index is 13.1. The number of esters is 1. The lowest BCUT2D eigenvalue weighted by Gasteiger charge is -2.34. The van der Waals surface area contributed by atoms with Crippen LogP contribution in [0.2, 0.25) is 0 Å². The van der Waals surface area contributed by atoms with Crippen LogP contribution in [-0.2, 0) is 23.9 Å². The number of hydrogen-bond acceptors (Lipinski definition) is 7. The Kier molecular flexibility index (Phi) is 11.3. The number of piperidine rings is 1. The molecule has 10 heteroatoms. The summed E-state index contributed by atoms with van der Waals surface area (Å²) in [5, 5.41) is 5.49. The SMILES string of the molecule is COC(=O)C(NC(=O)C1CCN(C(=O)C(CCSC)NC(=O)OC(C)(C)C)CC1)C(C)C. The molecule has 0 aromatic rings. The van der Waals surface area contributed by atoms with Crippen molar-refractivity contribution in [1.82, 2.24) is 15.5 Å². The first-order valence-electron chi connectivity index (χ1n) is 11.0. The molecule has 2 N–H and O–H groups in total. The number of rotatable bonds is 9. The Morgan fingerprint density at radius 3 is 2.16 bits per heavy atom. The molecule has 1 fully saturated rings. The maximum Gasteiger partial charge on any atom is 0.408 e. The lowest BCUT2D eigenvalue weighted by molar-refractivity contribution is -0.147. The van der Waals surface area contributed by atoms with Crippen molar-refractivity contribution in [2.75, 3.05) is 32.2 Å². The van der Waals surface area contributed by atoms with E-state index >= 15 is 0 Å². The van der Waals surface area contributed by atoms with Gasteiger partial charge in [-0.15, -0.1) is 0 Å². The summed E-state index contributed by atoms with van der Waals surface area (Å²) in [6.07, 6.45) is 2.80. The third-order valence-corrected chi connectivity index (χ3v) is 5.84. The summed E-state index contributed by atoms with van der Waals surface area (Å²) in [7, 11) is 1.30. The number of alkyl carbamates (subject to hydrolysis) is 1. The van der Waals surface area contributed by atoms with Gasteiger partial charge in [0.2, 0.25) is 11.8 Å². The van der Waals surface area contributed by atoms with Gasteiger partial charge in [0, 0.05) is 19.0 Å². The van der Waals surface area contributed by atoms with E-state index < -0.39 is 29.7 Å². The van der Waals surface area contributed by atoms with Crippen LogP contribution in [0.15, 0.2) is 0 Å². The van der Waals surface area contributed by atoms with Gasteiger partial charge in [-0.25, -0.2) is 9.59 Å². The number of carbonyl (C=O) groups is 4. The smallest absolute Gasteiger partial charge is 0.408 e. The van der Waals surface area contributed by atoms with Crippen molar-refractivity contribution < 1.29 is 28.7 Å². The predicted molar refractivity (Wildman–Crippen MR) is 124 cm³/mol. The van der Waals surface area contributed by atoms with Gasteiger partial charge < -0.3 is 25.0 Å². The first-order valence-corrected chi connectivity index (χ1v) is 12.4. The van der Waals surface area contributed by atoms with Gasteiger partial charge >= 0.3 is 12.1 Å². The second-order valence-corrected chi connectivity index (χ2v) is 10.3. The Labute approximate surface area is 195 Å². The average molecular weight is 474 g/mol. The fourth-order valence-electron chi connectivity index (χ4n) is 3.42. The van der Waals surface area contributed by atoms with E-state index in [1.165, 1.54) is 7.11 Å². The van der Waals surface area contributed by atoms with Gasteiger partial charge in [0.1, 0.15) is 17.7 Å². The number of methoxy groups -OCH3 is 1. The first kappa shape index (κ1) is 28.1. The molecule has 0 aromatic heterocycles. The highest BCUT2D eigenvalue weighted by atomic mass is 32.2. The zero-order valence-electron chi connectivity index (χ0n) is 20.4. The zero-order chi connectivity index (χ0) is 24.5. The minimum absolute atomic E-state index is 0.0933. The van der Waals surface area contributed by atoms with Crippen LogP contribution < -0.4 is 10.6 Å². The summed E-state index contributed by atoms with van der Waals surface area (Å²) in [6.45, 7) is 9.81. The van der Waals surface area contributed by atoms with Crippen LogP contribution in [0.5, 0.6) is 0 Å². The second kappa shape index (κ2) is 12.9. The van der Waals surface area contributed by atoms with Crippen LogP contribution in [-0.4, -0.2) is 78.7 Å². The van der Waals surface area contributed by atoms with Crippen molar-refractivity contribution in [1.29, 1.82) is 0 Å². The summed E-state index contributed by atoms with van der Waals surface area (Å²) in [4.78, 5) is 51.5. The van der Waals surface area contributed by atoms with E-state index in [4.69, 9.17) is 9.47 Å². The Morgan fingerprint density at radius 2 is 1.69 bits per heavy atom. The molecule has 0 saturated carbocycles. The molecule has 0 bridgehead atoms. The van der Waals surface area contributed by atoms with Crippen molar-refractivity contribution in [3.63, 3.8) is 0 Å². The average Bonchev–Trinajstić information content (AvgIpc) is 2.72. The molecule has 1 rings (SSSR count). The number of carbonyl (C=O) groups excluding carboxylic acids is 4. The topological polar surface area (TPSA) is 114 Å². The third-order valence-electron chi connectivity index (χ3n) is 5.20. The van der Waals surface area contributed by atoms with Crippen LogP contribution >= 0.6 is 11.8 Å². The highest BCUT2D eigenvalue weighted by Crippen LogP contribution is 2.20. The van der Waals surface area contributed by atoms with Crippen LogP contribution in [0.3, 0.4) is 0 Å². The maximum atomic E-state index is 13.1.